The van der Waals surface area contributed by atoms with Crippen molar-refractivity contribution in [2.45, 2.75) is 12.8 Å². The van der Waals surface area contributed by atoms with Crippen molar-refractivity contribution in [3.8, 4) is 5.75 Å². The fourth-order valence-electron chi connectivity index (χ4n) is 2.35. The second-order valence-electron chi connectivity index (χ2n) is 4.73. The topological polar surface area (TPSA) is 21.3 Å². The molecule has 0 amide bonds. The molecule has 0 saturated heterocycles. The monoisotopic (exact) mass is 365 g/mol. The first-order valence-electron chi connectivity index (χ1n) is 6.55. The summed E-state index contributed by atoms with van der Waals surface area (Å²) in [6.07, 6.45) is 2.09. The van der Waals surface area contributed by atoms with Crippen LogP contribution in [-0.4, -0.2) is 13.2 Å². The molecule has 3 heteroatoms. The van der Waals surface area contributed by atoms with E-state index in [1.807, 2.05) is 0 Å². The van der Waals surface area contributed by atoms with Gasteiger partial charge in [-0.3, -0.25) is 0 Å². The molecule has 0 fully saturated rings. The highest BCUT2D eigenvalue weighted by molar-refractivity contribution is 14.1. The van der Waals surface area contributed by atoms with Gasteiger partial charge in [0.05, 0.1) is 6.61 Å². The molecule has 1 aliphatic heterocycles. The average Bonchev–Trinajstić information content (AvgIpc) is 2.86. The molecule has 0 saturated carbocycles. The van der Waals surface area contributed by atoms with Gasteiger partial charge in [-0.2, -0.15) is 0 Å². The van der Waals surface area contributed by atoms with Gasteiger partial charge in [0.1, 0.15) is 5.75 Å². The molecular weight excluding hydrogens is 349 g/mol. The van der Waals surface area contributed by atoms with Crippen LogP contribution in [0.4, 0.5) is 5.69 Å². The second-order valence-corrected chi connectivity index (χ2v) is 5.97. The molecule has 1 heterocycles. The van der Waals surface area contributed by atoms with Crippen molar-refractivity contribution in [1.29, 1.82) is 0 Å². The van der Waals surface area contributed by atoms with E-state index in [0.717, 1.165) is 31.7 Å². The van der Waals surface area contributed by atoms with Crippen LogP contribution in [0.5, 0.6) is 5.75 Å². The summed E-state index contributed by atoms with van der Waals surface area (Å²) in [7, 11) is 0. The number of nitrogens with one attached hydrogen (secondary N) is 1. The number of anilines is 1. The van der Waals surface area contributed by atoms with E-state index in [1.54, 1.807) is 0 Å². The minimum Gasteiger partial charge on any atom is -0.493 e. The number of hydrogen-bond donors (Lipinski definition) is 1. The molecule has 1 aliphatic rings. The largest absolute Gasteiger partial charge is 0.493 e. The zero-order chi connectivity index (χ0) is 13.1. The molecule has 0 unspecified atom stereocenters. The lowest BCUT2D eigenvalue weighted by Crippen LogP contribution is -2.05. The van der Waals surface area contributed by atoms with Gasteiger partial charge in [0.2, 0.25) is 0 Å². The molecular formula is C16H16INO. The zero-order valence-corrected chi connectivity index (χ0v) is 12.8. The maximum absolute atomic E-state index is 5.52. The fourth-order valence-corrected chi connectivity index (χ4v) is 2.89. The summed E-state index contributed by atoms with van der Waals surface area (Å²) in [5, 5.41) is 3.47. The first-order chi connectivity index (χ1) is 9.31. The van der Waals surface area contributed by atoms with Gasteiger partial charge in [-0.1, -0.05) is 18.2 Å². The van der Waals surface area contributed by atoms with Crippen LogP contribution in [0.15, 0.2) is 42.5 Å². The Morgan fingerprint density at radius 2 is 2.11 bits per heavy atom. The Bertz CT molecular complexity index is 583. The number of benzene rings is 2. The van der Waals surface area contributed by atoms with Crippen LogP contribution in [0, 0.1) is 3.57 Å². The van der Waals surface area contributed by atoms with Crippen LogP contribution >= 0.6 is 22.6 Å². The molecule has 0 aliphatic carbocycles. The van der Waals surface area contributed by atoms with Crippen molar-refractivity contribution in [2.75, 3.05) is 18.5 Å². The average molecular weight is 365 g/mol. The minimum atomic E-state index is 0.833. The van der Waals surface area contributed by atoms with E-state index in [9.17, 15) is 0 Å². The summed E-state index contributed by atoms with van der Waals surface area (Å²) in [4.78, 5) is 0. The Labute approximate surface area is 127 Å². The van der Waals surface area contributed by atoms with Gasteiger partial charge in [-0.25, -0.2) is 0 Å². The van der Waals surface area contributed by atoms with Crippen LogP contribution < -0.4 is 10.1 Å². The van der Waals surface area contributed by atoms with E-state index in [1.165, 1.54) is 20.4 Å². The molecule has 2 aromatic carbocycles. The summed E-state index contributed by atoms with van der Waals surface area (Å²) in [6, 6.07) is 15.0. The molecule has 0 spiro atoms. The first kappa shape index (κ1) is 12.8. The molecule has 19 heavy (non-hydrogen) atoms. The molecule has 2 nitrogen and oxygen atoms in total. The van der Waals surface area contributed by atoms with Gasteiger partial charge in [0, 0.05) is 22.2 Å². The third kappa shape index (κ3) is 3.21. The van der Waals surface area contributed by atoms with Crippen LogP contribution in [0.3, 0.4) is 0 Å². The van der Waals surface area contributed by atoms with Crippen molar-refractivity contribution in [1.82, 2.24) is 0 Å². The summed E-state index contributed by atoms with van der Waals surface area (Å²) in [5.41, 5.74) is 3.92. The van der Waals surface area contributed by atoms with E-state index in [-0.39, 0.29) is 0 Å². The van der Waals surface area contributed by atoms with Crippen LogP contribution in [0.25, 0.3) is 0 Å². The van der Waals surface area contributed by atoms with Gasteiger partial charge in [0.25, 0.3) is 0 Å². The first-order valence-corrected chi connectivity index (χ1v) is 7.63. The predicted octanol–water partition coefficient (Wildman–Crippen LogP) is 3.88. The second kappa shape index (κ2) is 5.82. The van der Waals surface area contributed by atoms with E-state index in [2.05, 4.69) is 70.4 Å². The summed E-state index contributed by atoms with van der Waals surface area (Å²) in [6.45, 7) is 1.79. The van der Waals surface area contributed by atoms with E-state index >= 15 is 0 Å². The predicted molar refractivity (Wildman–Crippen MR) is 87.0 cm³/mol. The Balaban J connectivity index is 1.58. The smallest absolute Gasteiger partial charge is 0.122 e. The molecule has 0 atom stereocenters. The number of fused-ring (bicyclic) bond motifs is 1. The quantitative estimate of drug-likeness (QED) is 0.831. The van der Waals surface area contributed by atoms with Crippen molar-refractivity contribution < 1.29 is 4.74 Å². The summed E-state index contributed by atoms with van der Waals surface area (Å²) >= 11 is 2.33. The molecule has 98 valence electrons. The number of rotatable bonds is 4. The highest BCUT2D eigenvalue weighted by Gasteiger charge is 2.11. The van der Waals surface area contributed by atoms with Crippen molar-refractivity contribution in [3.63, 3.8) is 0 Å². The number of halogens is 1. The molecule has 0 aromatic heterocycles. The standard InChI is InChI=1S/C16H16INO/c17-14-2-1-3-15(11-14)18-8-6-12-4-5-16-13(10-12)7-9-19-16/h1-5,10-11,18H,6-9H2. The lowest BCUT2D eigenvalue weighted by molar-refractivity contribution is 0.357. The van der Waals surface area contributed by atoms with Crippen LogP contribution in [-0.2, 0) is 12.8 Å². The highest BCUT2D eigenvalue weighted by atomic mass is 127. The van der Waals surface area contributed by atoms with E-state index < -0.39 is 0 Å². The normalized spacial score (nSPS) is 12.9. The lowest BCUT2D eigenvalue weighted by Gasteiger charge is -2.08. The number of hydrogen-bond acceptors (Lipinski definition) is 2. The summed E-state index contributed by atoms with van der Waals surface area (Å²) < 4.78 is 6.79. The van der Waals surface area contributed by atoms with Gasteiger partial charge in [0.15, 0.2) is 0 Å². The fraction of sp³-hybridized carbons (Fsp3) is 0.250. The van der Waals surface area contributed by atoms with Gasteiger partial charge in [-0.05, 0) is 64.4 Å². The minimum absolute atomic E-state index is 0.833. The summed E-state index contributed by atoms with van der Waals surface area (Å²) in [5.74, 6) is 1.06. The number of ether oxygens (including phenoxy) is 1. The molecule has 2 aromatic rings. The maximum Gasteiger partial charge on any atom is 0.122 e. The Kier molecular flexibility index (Phi) is 3.92. The maximum atomic E-state index is 5.52. The zero-order valence-electron chi connectivity index (χ0n) is 10.7. The third-order valence-electron chi connectivity index (χ3n) is 3.32. The highest BCUT2D eigenvalue weighted by Crippen LogP contribution is 2.26. The van der Waals surface area contributed by atoms with Crippen molar-refractivity contribution >= 4 is 28.3 Å². The van der Waals surface area contributed by atoms with Crippen molar-refractivity contribution in [2.24, 2.45) is 0 Å². The Morgan fingerprint density at radius 1 is 1.16 bits per heavy atom. The van der Waals surface area contributed by atoms with Crippen LogP contribution in [0.1, 0.15) is 11.1 Å². The molecule has 0 radical (unpaired) electrons. The Morgan fingerprint density at radius 3 is 3.00 bits per heavy atom. The van der Waals surface area contributed by atoms with Gasteiger partial charge >= 0.3 is 0 Å². The Hall–Kier alpha value is -1.23. The molecule has 1 N–H and O–H groups in total. The molecule has 3 rings (SSSR count). The molecule has 0 bridgehead atoms. The van der Waals surface area contributed by atoms with Crippen molar-refractivity contribution in [3.05, 3.63) is 57.2 Å². The van der Waals surface area contributed by atoms with Gasteiger partial charge in [-0.15, -0.1) is 0 Å². The lowest BCUT2D eigenvalue weighted by atomic mass is 10.1. The van der Waals surface area contributed by atoms with E-state index in [4.69, 9.17) is 4.74 Å². The van der Waals surface area contributed by atoms with Gasteiger partial charge < -0.3 is 10.1 Å². The van der Waals surface area contributed by atoms with Crippen LogP contribution in [0.2, 0.25) is 0 Å². The van der Waals surface area contributed by atoms with E-state index in [0.29, 0.717) is 0 Å². The SMILES string of the molecule is Ic1cccc(NCCc2ccc3c(c2)CCO3)c1. The third-order valence-corrected chi connectivity index (χ3v) is 3.99.